The minimum atomic E-state index is 0.148. The Bertz CT molecular complexity index is 697. The first-order chi connectivity index (χ1) is 16.2. The van der Waals surface area contributed by atoms with Gasteiger partial charge in [-0.2, -0.15) is 0 Å². The minimum absolute atomic E-state index is 0.148. The first-order valence-corrected chi connectivity index (χ1v) is 14.8. The Labute approximate surface area is 209 Å². The van der Waals surface area contributed by atoms with Gasteiger partial charge in [-0.05, 0) is 91.8 Å². The van der Waals surface area contributed by atoms with Crippen molar-refractivity contribution in [1.29, 1.82) is 0 Å². The third-order valence-electron chi connectivity index (χ3n) is 11.2. The molecule has 4 aliphatic rings. The first-order valence-electron chi connectivity index (χ1n) is 14.8. The zero-order chi connectivity index (χ0) is 24.5. The Morgan fingerprint density at radius 2 is 1.68 bits per heavy atom. The molecule has 0 radical (unpaired) electrons. The van der Waals surface area contributed by atoms with Crippen molar-refractivity contribution in [2.24, 2.45) is 40.4 Å². The second kappa shape index (κ2) is 10.8. The predicted octanol–water partition coefficient (Wildman–Crippen LogP) is 7.41. The van der Waals surface area contributed by atoms with Crippen LogP contribution in [-0.4, -0.2) is 36.3 Å². The van der Waals surface area contributed by atoms with E-state index in [-0.39, 0.29) is 23.5 Å². The Kier molecular flexibility index (Phi) is 8.39. The molecule has 1 aliphatic heterocycles. The van der Waals surface area contributed by atoms with E-state index in [1.165, 1.54) is 38.5 Å². The zero-order valence-corrected chi connectivity index (χ0v) is 23.1. The van der Waals surface area contributed by atoms with Gasteiger partial charge in [0.2, 0.25) is 5.91 Å². The summed E-state index contributed by atoms with van der Waals surface area (Å²) in [4.78, 5) is 19.5. The quantitative estimate of drug-likeness (QED) is 0.330. The highest BCUT2D eigenvalue weighted by molar-refractivity contribution is 5.76. The Morgan fingerprint density at radius 3 is 2.38 bits per heavy atom. The highest BCUT2D eigenvalue weighted by atomic mass is 16.7. The fourth-order valence-electron chi connectivity index (χ4n) is 8.26. The largest absolute Gasteiger partial charge is 0.378 e. The van der Waals surface area contributed by atoms with Crippen LogP contribution in [0.1, 0.15) is 119 Å². The molecule has 0 aromatic carbocycles. The lowest BCUT2D eigenvalue weighted by molar-refractivity contribution is -0.263. The molecular formula is C30H53NO3. The van der Waals surface area contributed by atoms with Crippen LogP contribution >= 0.6 is 0 Å². The summed E-state index contributed by atoms with van der Waals surface area (Å²) in [5, 5.41) is 1.86. The number of hydroxylamine groups is 2. The average Bonchev–Trinajstić information content (AvgIpc) is 3.22. The summed E-state index contributed by atoms with van der Waals surface area (Å²) < 4.78 is 6.82. The van der Waals surface area contributed by atoms with E-state index >= 15 is 0 Å². The van der Waals surface area contributed by atoms with Crippen molar-refractivity contribution in [3.8, 4) is 0 Å². The van der Waals surface area contributed by atoms with E-state index in [4.69, 9.17) is 9.57 Å². The van der Waals surface area contributed by atoms with Gasteiger partial charge in [0.05, 0.1) is 18.8 Å². The van der Waals surface area contributed by atoms with E-state index in [2.05, 4.69) is 41.5 Å². The second-order valence-electron chi connectivity index (χ2n) is 13.2. The fraction of sp³-hybridized carbons (Fsp3) is 0.967. The van der Waals surface area contributed by atoms with E-state index in [0.29, 0.717) is 42.1 Å². The zero-order valence-electron chi connectivity index (χ0n) is 23.1. The molecule has 34 heavy (non-hydrogen) atoms. The number of fused-ring (bicyclic) bond motifs is 5. The number of carbonyl (C=O) groups is 1. The van der Waals surface area contributed by atoms with Crippen molar-refractivity contribution in [2.45, 2.75) is 131 Å². The number of amides is 1. The van der Waals surface area contributed by atoms with Gasteiger partial charge in [-0.3, -0.25) is 9.63 Å². The Hall–Kier alpha value is -0.610. The first kappa shape index (κ1) is 26.5. The van der Waals surface area contributed by atoms with Gasteiger partial charge in [-0.25, -0.2) is 5.06 Å². The molecule has 1 saturated heterocycles. The molecule has 196 valence electrons. The number of hydrogen-bond donors (Lipinski definition) is 0. The third-order valence-corrected chi connectivity index (χ3v) is 11.2. The number of nitrogens with zero attached hydrogens (tertiary/aromatic N) is 1. The number of ether oxygens (including phenoxy) is 1. The maximum Gasteiger partial charge on any atom is 0.246 e. The van der Waals surface area contributed by atoms with Crippen LogP contribution in [0.5, 0.6) is 0 Å². The molecule has 4 fully saturated rings. The van der Waals surface area contributed by atoms with Gasteiger partial charge in [-0.1, -0.05) is 60.8 Å². The standard InChI is InChI=1S/C30H53NO3/c1-7-21(3)13-18-33-25-20-26-30(6,17-12-27(32)31(26)34-19-14-22(4)8-2)24-11-16-29(5)15-9-10-23(29)28(24)25/h21-26,28H,7-20H2,1-6H3/t21?,22?,23-,24+,25?,26?,28-,29-,30+/m0/s1. The lowest BCUT2D eigenvalue weighted by atomic mass is 9.47. The van der Waals surface area contributed by atoms with Crippen molar-refractivity contribution >= 4 is 5.91 Å². The molecular weight excluding hydrogens is 422 g/mol. The van der Waals surface area contributed by atoms with Crippen LogP contribution < -0.4 is 0 Å². The van der Waals surface area contributed by atoms with E-state index in [9.17, 15) is 4.79 Å². The monoisotopic (exact) mass is 475 g/mol. The number of rotatable bonds is 10. The van der Waals surface area contributed by atoms with Crippen LogP contribution in [0.15, 0.2) is 0 Å². The summed E-state index contributed by atoms with van der Waals surface area (Å²) in [7, 11) is 0. The van der Waals surface area contributed by atoms with Crippen LogP contribution in [0, 0.1) is 40.4 Å². The third kappa shape index (κ3) is 4.97. The molecule has 0 bridgehead atoms. The molecule has 3 aliphatic carbocycles. The second-order valence-corrected chi connectivity index (χ2v) is 13.2. The molecule has 0 spiro atoms. The summed E-state index contributed by atoms with van der Waals surface area (Å²) in [5.41, 5.74) is 0.648. The summed E-state index contributed by atoms with van der Waals surface area (Å²) in [6.45, 7) is 15.7. The summed E-state index contributed by atoms with van der Waals surface area (Å²) in [6, 6.07) is 0.159. The van der Waals surface area contributed by atoms with Crippen molar-refractivity contribution < 1.29 is 14.4 Å². The minimum Gasteiger partial charge on any atom is -0.378 e. The van der Waals surface area contributed by atoms with Gasteiger partial charge in [-0.15, -0.1) is 0 Å². The Balaban J connectivity index is 1.57. The lowest BCUT2D eigenvalue weighted by Crippen LogP contribution is -2.65. The van der Waals surface area contributed by atoms with E-state index in [1.807, 2.05) is 5.06 Å². The summed E-state index contributed by atoms with van der Waals surface area (Å²) in [6.07, 6.45) is 14.2. The van der Waals surface area contributed by atoms with Crippen LogP contribution in [0.4, 0.5) is 0 Å². The van der Waals surface area contributed by atoms with Crippen molar-refractivity contribution in [3.63, 3.8) is 0 Å². The fourth-order valence-corrected chi connectivity index (χ4v) is 8.26. The smallest absolute Gasteiger partial charge is 0.246 e. The van der Waals surface area contributed by atoms with Crippen molar-refractivity contribution in [3.05, 3.63) is 0 Å². The molecule has 4 rings (SSSR count). The highest BCUT2D eigenvalue weighted by Crippen LogP contribution is 2.65. The van der Waals surface area contributed by atoms with E-state index < -0.39 is 0 Å². The highest BCUT2D eigenvalue weighted by Gasteiger charge is 2.63. The molecule has 4 heteroatoms. The maximum atomic E-state index is 13.1. The molecule has 0 aromatic rings. The predicted molar refractivity (Wildman–Crippen MR) is 138 cm³/mol. The van der Waals surface area contributed by atoms with Crippen molar-refractivity contribution in [2.75, 3.05) is 13.2 Å². The van der Waals surface area contributed by atoms with Crippen LogP contribution in [0.3, 0.4) is 0 Å². The van der Waals surface area contributed by atoms with Gasteiger partial charge < -0.3 is 4.74 Å². The Morgan fingerprint density at radius 1 is 0.971 bits per heavy atom. The van der Waals surface area contributed by atoms with Gasteiger partial charge in [0.25, 0.3) is 0 Å². The SMILES string of the molecule is CCC(C)CCOC1CC2N(OCCC(C)CC)C(=O)CC[C@]2(C)[C@@H]2CC[C@]3(C)CCC[C@H]3[C@H]12. The summed E-state index contributed by atoms with van der Waals surface area (Å²) in [5.74, 6) is 3.63. The normalized spacial score (nSPS) is 41.5. The molecule has 4 nitrogen and oxygen atoms in total. The topological polar surface area (TPSA) is 38.8 Å². The maximum absolute atomic E-state index is 13.1. The lowest BCUT2D eigenvalue weighted by Gasteiger charge is -2.63. The summed E-state index contributed by atoms with van der Waals surface area (Å²) >= 11 is 0. The molecule has 0 N–H and O–H groups in total. The number of carbonyl (C=O) groups excluding carboxylic acids is 1. The molecule has 0 aromatic heterocycles. The van der Waals surface area contributed by atoms with Crippen LogP contribution in [0.2, 0.25) is 0 Å². The van der Waals surface area contributed by atoms with Crippen molar-refractivity contribution in [1.82, 2.24) is 5.06 Å². The van der Waals surface area contributed by atoms with Gasteiger partial charge in [0, 0.05) is 13.0 Å². The van der Waals surface area contributed by atoms with Crippen LogP contribution in [-0.2, 0) is 14.4 Å². The number of hydrogen-bond acceptors (Lipinski definition) is 3. The molecule has 1 amide bonds. The van der Waals surface area contributed by atoms with E-state index in [0.717, 1.165) is 44.6 Å². The van der Waals surface area contributed by atoms with E-state index in [1.54, 1.807) is 0 Å². The molecule has 9 atom stereocenters. The average molecular weight is 476 g/mol. The van der Waals surface area contributed by atoms with Gasteiger partial charge in [0.15, 0.2) is 0 Å². The van der Waals surface area contributed by atoms with Gasteiger partial charge >= 0.3 is 0 Å². The molecule has 1 heterocycles. The molecule has 3 saturated carbocycles. The number of piperidine rings is 1. The van der Waals surface area contributed by atoms with Gasteiger partial charge in [0.1, 0.15) is 0 Å². The van der Waals surface area contributed by atoms with Crippen LogP contribution in [0.25, 0.3) is 0 Å². The molecule has 4 unspecified atom stereocenters.